The van der Waals surface area contributed by atoms with Crippen LogP contribution < -0.4 is 0 Å². The summed E-state index contributed by atoms with van der Waals surface area (Å²) in [4.78, 5) is 0. The summed E-state index contributed by atoms with van der Waals surface area (Å²) in [5.74, 6) is 0.245. The van der Waals surface area contributed by atoms with Crippen molar-refractivity contribution in [2.24, 2.45) is 5.92 Å². The van der Waals surface area contributed by atoms with Crippen LogP contribution >= 0.6 is 12.2 Å². The van der Waals surface area contributed by atoms with Crippen molar-refractivity contribution < 1.29 is 4.74 Å². The molecule has 1 nitrogen and oxygen atoms in total. The predicted octanol–water partition coefficient (Wildman–Crippen LogP) is 3.33. The molecule has 0 aromatic heterocycles. The fourth-order valence-electron chi connectivity index (χ4n) is 2.71. The van der Waals surface area contributed by atoms with Gasteiger partial charge in [0, 0.05) is 0 Å². The van der Waals surface area contributed by atoms with E-state index < -0.39 is 0 Å². The number of thiocarbonyl (C=S) groups is 1. The Hall–Kier alpha value is -0.890. The minimum absolute atomic E-state index is 0.245. The van der Waals surface area contributed by atoms with Crippen LogP contribution in [0.4, 0.5) is 0 Å². The molecule has 0 aromatic rings. The monoisotopic (exact) mass is 218 g/mol. The Labute approximate surface area is 95.5 Å². The van der Waals surface area contributed by atoms with Crippen molar-refractivity contribution in [3.63, 3.8) is 0 Å². The highest BCUT2D eigenvalue weighted by atomic mass is 32.1. The van der Waals surface area contributed by atoms with E-state index >= 15 is 0 Å². The van der Waals surface area contributed by atoms with Crippen LogP contribution in [-0.2, 0) is 4.74 Å². The average molecular weight is 218 g/mol. The summed E-state index contributed by atoms with van der Waals surface area (Å²) in [5, 5.41) is 0.765. The molecule has 0 amide bonds. The van der Waals surface area contributed by atoms with Crippen molar-refractivity contribution in [3.05, 3.63) is 35.5 Å². The number of hydrogen-bond acceptors (Lipinski definition) is 2. The lowest BCUT2D eigenvalue weighted by Gasteiger charge is -2.36. The molecule has 0 saturated heterocycles. The van der Waals surface area contributed by atoms with Crippen LogP contribution in [0, 0.1) is 5.92 Å². The summed E-state index contributed by atoms with van der Waals surface area (Å²) < 4.78 is 5.85. The lowest BCUT2D eigenvalue weighted by Crippen LogP contribution is -2.34. The molecule has 1 heterocycles. The van der Waals surface area contributed by atoms with Gasteiger partial charge in [-0.25, -0.2) is 0 Å². The maximum absolute atomic E-state index is 5.85. The number of hydrogen-bond donors (Lipinski definition) is 0. The summed E-state index contributed by atoms with van der Waals surface area (Å²) in [7, 11) is 0. The maximum Gasteiger partial charge on any atom is 0.171 e. The second-order valence-corrected chi connectivity index (χ2v) is 4.78. The Balaban J connectivity index is 2.06. The predicted molar refractivity (Wildman–Crippen MR) is 64.7 cm³/mol. The van der Waals surface area contributed by atoms with Crippen molar-refractivity contribution >= 4 is 17.3 Å². The quantitative estimate of drug-likeness (QED) is 0.577. The molecule has 78 valence electrons. The van der Waals surface area contributed by atoms with Gasteiger partial charge in [-0.2, -0.15) is 0 Å². The van der Waals surface area contributed by atoms with E-state index in [0.29, 0.717) is 0 Å². The maximum atomic E-state index is 5.85. The topological polar surface area (TPSA) is 9.23 Å². The van der Waals surface area contributed by atoms with Gasteiger partial charge in [0.15, 0.2) is 5.05 Å². The largest absolute Gasteiger partial charge is 0.479 e. The first-order valence-electron chi connectivity index (χ1n) is 5.64. The zero-order chi connectivity index (χ0) is 10.3. The van der Waals surface area contributed by atoms with Crippen LogP contribution in [-0.4, -0.2) is 11.2 Å². The van der Waals surface area contributed by atoms with Gasteiger partial charge in [-0.3, -0.25) is 0 Å². The Kier molecular flexibility index (Phi) is 2.24. The summed E-state index contributed by atoms with van der Waals surface area (Å²) in [5.41, 5.74) is 2.92. The molecule has 2 unspecified atom stereocenters. The second-order valence-electron chi connectivity index (χ2n) is 4.37. The van der Waals surface area contributed by atoms with Gasteiger partial charge >= 0.3 is 0 Å². The van der Waals surface area contributed by atoms with Crippen LogP contribution in [0.3, 0.4) is 0 Å². The average Bonchev–Trinajstić information content (AvgIpc) is 2.30. The van der Waals surface area contributed by atoms with Crippen molar-refractivity contribution in [1.29, 1.82) is 0 Å². The molecule has 2 aliphatic carbocycles. The number of ether oxygens (including phenoxy) is 1. The molecule has 0 N–H and O–H groups in total. The van der Waals surface area contributed by atoms with Gasteiger partial charge in [0.05, 0.1) is 5.92 Å². The van der Waals surface area contributed by atoms with E-state index in [1.165, 1.54) is 30.4 Å². The van der Waals surface area contributed by atoms with Gasteiger partial charge in [0.25, 0.3) is 0 Å². The Morgan fingerprint density at radius 2 is 2.20 bits per heavy atom. The minimum atomic E-state index is 0.245. The van der Waals surface area contributed by atoms with Crippen molar-refractivity contribution in [1.82, 2.24) is 0 Å². The standard InChI is InChI=1S/C13H14OS/c15-13-11-7-2-1-5-9(11)10-6-3-4-8-12(10)14-13/h1-2,5,7,11-12H,3-4,6,8H2. The Morgan fingerprint density at radius 1 is 1.27 bits per heavy atom. The fraction of sp³-hybridized carbons (Fsp3) is 0.462. The number of fused-ring (bicyclic) bond motifs is 2. The molecular formula is C13H14OS. The molecule has 3 aliphatic rings. The van der Waals surface area contributed by atoms with Gasteiger partial charge in [-0.15, -0.1) is 0 Å². The first-order valence-corrected chi connectivity index (χ1v) is 6.05. The number of allylic oxidation sites excluding steroid dienone is 3. The molecular weight excluding hydrogens is 204 g/mol. The van der Waals surface area contributed by atoms with Crippen LogP contribution in [0.5, 0.6) is 0 Å². The normalized spacial score (nSPS) is 33.5. The Bertz CT molecular complexity index is 389. The fourth-order valence-corrected chi connectivity index (χ4v) is 3.03. The van der Waals surface area contributed by atoms with Crippen molar-refractivity contribution in [3.8, 4) is 0 Å². The highest BCUT2D eigenvalue weighted by molar-refractivity contribution is 7.80. The van der Waals surface area contributed by atoms with Crippen LogP contribution in [0.1, 0.15) is 25.7 Å². The van der Waals surface area contributed by atoms with E-state index in [1.54, 1.807) is 0 Å². The van der Waals surface area contributed by atoms with Gasteiger partial charge < -0.3 is 4.74 Å². The zero-order valence-corrected chi connectivity index (χ0v) is 9.43. The van der Waals surface area contributed by atoms with E-state index in [-0.39, 0.29) is 12.0 Å². The molecule has 0 radical (unpaired) electrons. The zero-order valence-electron chi connectivity index (χ0n) is 8.61. The first kappa shape index (κ1) is 9.34. The molecule has 0 aromatic carbocycles. The molecule has 1 fully saturated rings. The number of rotatable bonds is 0. The summed E-state index contributed by atoms with van der Waals surface area (Å²) in [6.07, 6.45) is 13.7. The van der Waals surface area contributed by atoms with E-state index in [9.17, 15) is 0 Å². The first-order chi connectivity index (χ1) is 7.36. The second kappa shape index (κ2) is 3.60. The van der Waals surface area contributed by atoms with E-state index in [1.807, 2.05) is 0 Å². The molecule has 3 rings (SSSR count). The third-order valence-corrected chi connectivity index (χ3v) is 3.81. The van der Waals surface area contributed by atoms with E-state index in [4.69, 9.17) is 17.0 Å². The third-order valence-electron chi connectivity index (χ3n) is 3.46. The van der Waals surface area contributed by atoms with Crippen LogP contribution in [0.2, 0.25) is 0 Å². The van der Waals surface area contributed by atoms with E-state index in [0.717, 1.165) is 11.5 Å². The summed E-state index contributed by atoms with van der Waals surface area (Å²) >= 11 is 5.33. The van der Waals surface area contributed by atoms with Gasteiger partial charge in [-0.05, 0) is 49.0 Å². The molecule has 2 atom stereocenters. The molecule has 1 saturated carbocycles. The SMILES string of the molecule is S=C1OC2CCCCC2=C2C=CC=CC12. The minimum Gasteiger partial charge on any atom is -0.479 e. The molecule has 1 aliphatic heterocycles. The highest BCUT2D eigenvalue weighted by Crippen LogP contribution is 2.38. The van der Waals surface area contributed by atoms with Crippen molar-refractivity contribution in [2.45, 2.75) is 31.8 Å². The van der Waals surface area contributed by atoms with Crippen LogP contribution in [0.15, 0.2) is 35.5 Å². The smallest absolute Gasteiger partial charge is 0.171 e. The molecule has 0 bridgehead atoms. The molecule has 15 heavy (non-hydrogen) atoms. The van der Waals surface area contributed by atoms with Crippen LogP contribution in [0.25, 0.3) is 0 Å². The Morgan fingerprint density at radius 3 is 3.13 bits per heavy atom. The lowest BCUT2D eigenvalue weighted by molar-refractivity contribution is 0.177. The highest BCUT2D eigenvalue weighted by Gasteiger charge is 2.34. The van der Waals surface area contributed by atoms with Gasteiger partial charge in [0.1, 0.15) is 6.10 Å². The molecule has 2 heteroatoms. The van der Waals surface area contributed by atoms with Crippen molar-refractivity contribution in [2.75, 3.05) is 0 Å². The third kappa shape index (κ3) is 1.48. The molecule has 0 spiro atoms. The van der Waals surface area contributed by atoms with Gasteiger partial charge in [-0.1, -0.05) is 24.3 Å². The lowest BCUT2D eigenvalue weighted by atomic mass is 9.80. The summed E-state index contributed by atoms with van der Waals surface area (Å²) in [6.45, 7) is 0. The van der Waals surface area contributed by atoms with E-state index in [2.05, 4.69) is 24.3 Å². The van der Waals surface area contributed by atoms with Gasteiger partial charge in [0.2, 0.25) is 0 Å². The summed E-state index contributed by atoms with van der Waals surface area (Å²) in [6, 6.07) is 0.